The van der Waals surface area contributed by atoms with Crippen molar-refractivity contribution < 1.29 is 24.2 Å². The number of nitrogens with one attached hydrogen (secondary N) is 2. The van der Waals surface area contributed by atoms with E-state index in [1.54, 1.807) is 7.11 Å². The van der Waals surface area contributed by atoms with Crippen LogP contribution in [0.3, 0.4) is 0 Å². The second kappa shape index (κ2) is 18.7. The molecule has 3 aromatic carbocycles. The number of rotatable bonds is 17. The topological polar surface area (TPSA) is 100 Å². The van der Waals surface area contributed by atoms with Gasteiger partial charge in [0.1, 0.15) is 12.0 Å². The van der Waals surface area contributed by atoms with Crippen LogP contribution in [0.2, 0.25) is 5.02 Å². The number of carbonyl (C=O) groups is 2. The first-order valence-electron chi connectivity index (χ1n) is 17.3. The predicted molar refractivity (Wildman–Crippen MR) is 199 cm³/mol. The van der Waals surface area contributed by atoms with Gasteiger partial charge in [-0.25, -0.2) is 0 Å². The van der Waals surface area contributed by atoms with E-state index in [2.05, 4.69) is 40.8 Å². The number of carbonyl (C=O) groups excluding carboxylic acids is 2. The summed E-state index contributed by atoms with van der Waals surface area (Å²) >= 11 is 6.13. The standard InChI is InChI=1S/C40H52ClN3O5/c1-27(2)49-38-23-32(21-30-13-15-34(41)16-14-30)33(22-37(38)48-5)24-40(47)43-35-17-19-36(20-18-35)44(4)26-31-11-9-29(10-12-31)7-6-8-39(46)42-25-28(3)45/h6-7,13-20,22-23,27,29,31,40,43,47H,8-12,21,24-26H2,1-5H3,(H,42,46). The summed E-state index contributed by atoms with van der Waals surface area (Å²) in [6, 6.07) is 20.0. The van der Waals surface area contributed by atoms with Gasteiger partial charge in [-0.1, -0.05) is 35.9 Å². The zero-order valence-electron chi connectivity index (χ0n) is 29.5. The van der Waals surface area contributed by atoms with Gasteiger partial charge in [0.2, 0.25) is 5.91 Å². The number of allylic oxidation sites excluding steroid dienone is 1. The number of nitrogens with zero attached hydrogens (tertiary/aromatic N) is 1. The van der Waals surface area contributed by atoms with Gasteiger partial charge in [0, 0.05) is 42.8 Å². The molecule has 0 saturated heterocycles. The fourth-order valence-corrected chi connectivity index (χ4v) is 6.44. The van der Waals surface area contributed by atoms with Crippen LogP contribution in [0, 0.1) is 11.8 Å². The summed E-state index contributed by atoms with van der Waals surface area (Å²) in [6.45, 7) is 6.52. The fraction of sp³-hybridized carbons (Fsp3) is 0.450. The van der Waals surface area contributed by atoms with Crippen LogP contribution in [0.4, 0.5) is 11.4 Å². The Morgan fingerprint density at radius 1 is 1.00 bits per heavy atom. The molecule has 1 unspecified atom stereocenters. The number of anilines is 2. The van der Waals surface area contributed by atoms with E-state index in [4.69, 9.17) is 21.1 Å². The molecule has 49 heavy (non-hydrogen) atoms. The monoisotopic (exact) mass is 689 g/mol. The number of aliphatic hydroxyl groups excluding tert-OH is 1. The van der Waals surface area contributed by atoms with Gasteiger partial charge in [-0.2, -0.15) is 0 Å². The van der Waals surface area contributed by atoms with Crippen molar-refractivity contribution in [3.63, 3.8) is 0 Å². The molecule has 264 valence electrons. The Balaban J connectivity index is 1.30. The molecule has 0 aliphatic heterocycles. The first-order valence-corrected chi connectivity index (χ1v) is 17.7. The molecule has 0 heterocycles. The lowest BCUT2D eigenvalue weighted by molar-refractivity contribution is -0.123. The third-order valence-electron chi connectivity index (χ3n) is 8.88. The van der Waals surface area contributed by atoms with Gasteiger partial charge in [-0.3, -0.25) is 9.59 Å². The quantitative estimate of drug-likeness (QED) is 0.0992. The number of Topliss-reactive ketones (excluding diaryl/α,β-unsaturated/α-hetero) is 1. The zero-order valence-corrected chi connectivity index (χ0v) is 30.3. The van der Waals surface area contributed by atoms with Crippen molar-refractivity contribution in [1.29, 1.82) is 0 Å². The highest BCUT2D eigenvalue weighted by atomic mass is 35.5. The summed E-state index contributed by atoms with van der Waals surface area (Å²) in [4.78, 5) is 25.2. The van der Waals surface area contributed by atoms with Crippen molar-refractivity contribution in [3.05, 3.63) is 94.5 Å². The lowest BCUT2D eigenvalue weighted by atomic mass is 9.81. The highest BCUT2D eigenvalue weighted by Crippen LogP contribution is 2.34. The predicted octanol–water partition coefficient (Wildman–Crippen LogP) is 7.59. The molecule has 1 aliphatic rings. The van der Waals surface area contributed by atoms with Gasteiger partial charge in [-0.05, 0) is 130 Å². The number of hydrogen-bond acceptors (Lipinski definition) is 7. The summed E-state index contributed by atoms with van der Waals surface area (Å²) in [5.74, 6) is 2.28. The van der Waals surface area contributed by atoms with Gasteiger partial charge in [0.25, 0.3) is 0 Å². The maximum absolute atomic E-state index is 11.8. The Labute approximate surface area is 296 Å². The summed E-state index contributed by atoms with van der Waals surface area (Å²) in [6.07, 6.45) is 9.19. The Morgan fingerprint density at radius 3 is 2.31 bits per heavy atom. The van der Waals surface area contributed by atoms with Crippen molar-refractivity contribution in [2.75, 3.05) is 37.5 Å². The second-order valence-corrected chi connectivity index (χ2v) is 13.9. The average molecular weight is 690 g/mol. The first-order chi connectivity index (χ1) is 23.5. The van der Waals surface area contributed by atoms with Gasteiger partial charge >= 0.3 is 0 Å². The van der Waals surface area contributed by atoms with Gasteiger partial charge < -0.3 is 30.1 Å². The van der Waals surface area contributed by atoms with Crippen LogP contribution in [0.1, 0.15) is 69.6 Å². The van der Waals surface area contributed by atoms with Crippen molar-refractivity contribution in [3.8, 4) is 11.5 Å². The van der Waals surface area contributed by atoms with E-state index in [0.717, 1.165) is 60.3 Å². The SMILES string of the molecule is COc1cc(CC(O)Nc2ccc(N(C)CC3CCC(C=CCC(=O)NCC(C)=O)CC3)cc2)c(Cc2ccc(Cl)cc2)cc1OC(C)C. The molecule has 0 spiro atoms. The minimum absolute atomic E-state index is 0.00642. The summed E-state index contributed by atoms with van der Waals surface area (Å²) in [5.41, 5.74) is 5.12. The minimum Gasteiger partial charge on any atom is -0.493 e. The molecule has 8 nitrogen and oxygen atoms in total. The third-order valence-corrected chi connectivity index (χ3v) is 9.13. The number of aliphatic hydroxyl groups is 1. The van der Waals surface area contributed by atoms with Crippen LogP contribution in [0.5, 0.6) is 11.5 Å². The molecule has 0 aromatic heterocycles. The van der Waals surface area contributed by atoms with E-state index >= 15 is 0 Å². The molecule has 1 fully saturated rings. The molecule has 1 aliphatic carbocycles. The number of amides is 1. The summed E-state index contributed by atoms with van der Waals surface area (Å²) in [7, 11) is 3.76. The highest BCUT2D eigenvalue weighted by molar-refractivity contribution is 6.30. The van der Waals surface area contributed by atoms with E-state index in [1.165, 1.54) is 6.92 Å². The van der Waals surface area contributed by atoms with E-state index in [-0.39, 0.29) is 24.3 Å². The van der Waals surface area contributed by atoms with E-state index < -0.39 is 6.23 Å². The van der Waals surface area contributed by atoms with Crippen LogP contribution in [-0.2, 0) is 22.4 Å². The number of methoxy groups -OCH3 is 1. The molecule has 0 bridgehead atoms. The fourth-order valence-electron chi connectivity index (χ4n) is 6.31. The molecule has 9 heteroatoms. The van der Waals surface area contributed by atoms with Crippen LogP contribution >= 0.6 is 11.6 Å². The Bertz CT molecular complexity index is 1530. The number of halogens is 1. The molecule has 3 N–H and O–H groups in total. The molecule has 3 aromatic rings. The van der Waals surface area contributed by atoms with Crippen molar-refractivity contribution in [2.45, 2.75) is 78.0 Å². The Morgan fingerprint density at radius 2 is 1.67 bits per heavy atom. The van der Waals surface area contributed by atoms with E-state index in [9.17, 15) is 14.7 Å². The number of ketones is 1. The highest BCUT2D eigenvalue weighted by Gasteiger charge is 2.21. The van der Waals surface area contributed by atoms with E-state index in [1.807, 2.05) is 68.5 Å². The van der Waals surface area contributed by atoms with Crippen molar-refractivity contribution >= 4 is 34.7 Å². The summed E-state index contributed by atoms with van der Waals surface area (Å²) in [5, 5.41) is 17.7. The van der Waals surface area contributed by atoms with Crippen LogP contribution < -0.4 is 25.0 Å². The van der Waals surface area contributed by atoms with E-state index in [0.29, 0.717) is 47.6 Å². The molecule has 1 atom stereocenters. The normalized spacial score (nSPS) is 16.7. The molecule has 1 saturated carbocycles. The van der Waals surface area contributed by atoms with Gasteiger partial charge in [0.15, 0.2) is 11.5 Å². The summed E-state index contributed by atoms with van der Waals surface area (Å²) < 4.78 is 11.7. The molecular formula is C40H52ClN3O5. The zero-order chi connectivity index (χ0) is 35.3. The number of hydrogen-bond donors (Lipinski definition) is 3. The van der Waals surface area contributed by atoms with Crippen molar-refractivity contribution in [2.24, 2.45) is 11.8 Å². The number of ether oxygens (including phenoxy) is 2. The second-order valence-electron chi connectivity index (χ2n) is 13.4. The molecule has 4 rings (SSSR count). The van der Waals surface area contributed by atoms with Gasteiger partial charge in [0.05, 0.1) is 19.8 Å². The molecule has 1 amide bonds. The van der Waals surface area contributed by atoms with Gasteiger partial charge in [-0.15, -0.1) is 0 Å². The van der Waals surface area contributed by atoms with Crippen molar-refractivity contribution in [1.82, 2.24) is 5.32 Å². The maximum atomic E-state index is 11.8. The molecular weight excluding hydrogens is 638 g/mol. The minimum atomic E-state index is -0.812. The lowest BCUT2D eigenvalue weighted by Gasteiger charge is -2.31. The Kier molecular flexibility index (Phi) is 14.4. The first kappa shape index (κ1) is 37.8. The smallest absolute Gasteiger partial charge is 0.224 e. The molecule has 0 radical (unpaired) electrons. The lowest BCUT2D eigenvalue weighted by Crippen LogP contribution is -2.28. The maximum Gasteiger partial charge on any atom is 0.224 e. The van der Waals surface area contributed by atoms with Crippen LogP contribution in [-0.4, -0.2) is 56.4 Å². The van der Waals surface area contributed by atoms with Crippen LogP contribution in [0.25, 0.3) is 0 Å². The van der Waals surface area contributed by atoms with Crippen LogP contribution in [0.15, 0.2) is 72.8 Å². The largest absolute Gasteiger partial charge is 0.493 e. The number of benzene rings is 3. The average Bonchev–Trinajstić information content (AvgIpc) is 3.06. The third kappa shape index (κ3) is 12.4. The Hall–Kier alpha value is -4.01.